The third kappa shape index (κ3) is 19.4. The van der Waals surface area contributed by atoms with Gasteiger partial charge in [-0.1, -0.05) is 411 Å². The van der Waals surface area contributed by atoms with E-state index in [-0.39, 0.29) is 65.0 Å². The molecular formula is C132H168N8Si4. The van der Waals surface area contributed by atoms with Crippen molar-refractivity contribution in [2.24, 2.45) is 0 Å². The quantitative estimate of drug-likeness (QED) is 0.124. The minimum absolute atomic E-state index is 0.180. The number of aromatic nitrogens is 8. The molecule has 144 heavy (non-hydrogen) atoms. The van der Waals surface area contributed by atoms with Crippen LogP contribution in [0.4, 0.5) is 0 Å². The summed E-state index contributed by atoms with van der Waals surface area (Å²) in [4.78, 5) is 43.5. The second-order valence-corrected chi connectivity index (χ2v) is 87.9. The lowest BCUT2D eigenvalue weighted by Gasteiger charge is -2.40. The molecular weight excluding hydrogens is 1810 g/mol. The van der Waals surface area contributed by atoms with Crippen molar-refractivity contribution in [3.05, 3.63) is 270 Å². The van der Waals surface area contributed by atoms with E-state index < -0.39 is 30.4 Å². The van der Waals surface area contributed by atoms with Crippen LogP contribution in [0.1, 0.15) is 362 Å². The first-order chi connectivity index (χ1) is 65.8. The monoisotopic (exact) mass is 1980 g/mol. The number of benzene rings is 6. The second-order valence-electron chi connectivity index (χ2n) is 57.7. The van der Waals surface area contributed by atoms with E-state index in [4.69, 9.17) is 19.9 Å². The molecule has 17 rings (SSSR count). The molecule has 11 heterocycles. The molecule has 5 aliphatic rings. The molecule has 0 aliphatic carbocycles. The van der Waals surface area contributed by atoms with Crippen molar-refractivity contribution in [3.8, 4) is 66.8 Å². The summed E-state index contributed by atoms with van der Waals surface area (Å²) >= 11 is 0. The molecule has 0 saturated carbocycles. The molecule has 12 aromatic rings. The molecule has 0 unspecified atom stereocenters. The summed E-state index contributed by atoms with van der Waals surface area (Å²) in [6.45, 7) is 107. The van der Waals surface area contributed by atoms with Crippen molar-refractivity contribution in [3.63, 3.8) is 0 Å². The van der Waals surface area contributed by atoms with Gasteiger partial charge in [0, 0.05) is 77.5 Å². The van der Waals surface area contributed by atoms with Gasteiger partial charge in [-0.3, -0.25) is 0 Å². The highest BCUT2D eigenvalue weighted by Gasteiger charge is 2.52. The van der Waals surface area contributed by atoms with Gasteiger partial charge in [0.1, 0.15) is 0 Å². The smallest absolute Gasteiger partial charge is 0.0821 e. The molecule has 16 bridgehead atoms. The Balaban J connectivity index is 1.14. The molecule has 12 heteroatoms. The fraction of sp³-hybridized carbons (Fsp3) is 0.424. The van der Waals surface area contributed by atoms with E-state index in [0.29, 0.717) is 0 Å². The van der Waals surface area contributed by atoms with Crippen molar-refractivity contribution in [1.29, 1.82) is 0 Å². The van der Waals surface area contributed by atoms with Crippen LogP contribution in [-0.2, 0) is 65.0 Å². The van der Waals surface area contributed by atoms with E-state index in [1.165, 1.54) is 87.5 Å². The van der Waals surface area contributed by atoms with Gasteiger partial charge in [-0.15, -0.1) is 0 Å². The SMILES string of the molecule is CC(C)(C)c1cc(-c2c3nc(c(-c4cc(C(C)(C)C)cc(C(C)(C)C)c4)c4ccc([nH]4)c(-c4cc(C(C)(C)C)cc(C(C)(C)C)c4)c4nc5cc6[nH]c2cc6[Si](C)(C)[Si](C)(C)C2=Cc6nc2cc2[nH]c(cc2[Si](C)(C)[Si](C)(C)C5=C4)c(-c2cc(C(C)(C)C)cc(C(C)(C)C)c2)c2nc(c(-c4cc(C(C)(C)C)cc(C(C)(C)C)c4)c4ccc([nH]4)c6-c4cc(C(C)(C)C)cc(C(C)(C)C)c4)C=C2)C=C3)cc(C(C)(C)C)c1. The predicted octanol–water partition coefficient (Wildman–Crippen LogP) is 36.1. The van der Waals surface area contributed by atoms with Gasteiger partial charge in [-0.05, 0) is 271 Å². The lowest BCUT2D eigenvalue weighted by molar-refractivity contribution is 0.568. The molecule has 0 radical (unpaired) electrons. The van der Waals surface area contributed by atoms with Crippen molar-refractivity contribution < 1.29 is 0 Å². The Morgan fingerprint density at radius 2 is 0.340 bits per heavy atom. The van der Waals surface area contributed by atoms with Crippen LogP contribution >= 0.6 is 0 Å². The predicted molar refractivity (Wildman–Crippen MR) is 642 cm³/mol. The Morgan fingerprint density at radius 1 is 0.174 bits per heavy atom. The lowest BCUT2D eigenvalue weighted by atomic mass is 9.78. The number of fused-ring (bicyclic) bond motifs is 12. The van der Waals surface area contributed by atoms with Crippen LogP contribution in [0.25, 0.3) is 158 Å². The first-order valence-corrected chi connectivity index (χ1v) is 67.3. The number of H-pyrrole nitrogens is 4. The summed E-state index contributed by atoms with van der Waals surface area (Å²) in [5.74, 6) is 0. The van der Waals surface area contributed by atoms with E-state index in [2.05, 4.69) is 516 Å². The van der Waals surface area contributed by atoms with Gasteiger partial charge in [0.15, 0.2) is 0 Å². The summed E-state index contributed by atoms with van der Waals surface area (Å²) < 4.78 is 0. The zero-order valence-corrected chi connectivity index (χ0v) is 100. The summed E-state index contributed by atoms with van der Waals surface area (Å²) in [6, 6.07) is 64.7. The molecule has 4 N–H and O–H groups in total. The maximum atomic E-state index is 6.55. The van der Waals surface area contributed by atoms with Gasteiger partial charge in [0.2, 0.25) is 0 Å². The van der Waals surface area contributed by atoms with E-state index in [1.54, 1.807) is 0 Å². The highest BCUT2D eigenvalue weighted by Crippen LogP contribution is 2.52. The van der Waals surface area contributed by atoms with Gasteiger partial charge >= 0.3 is 0 Å². The van der Waals surface area contributed by atoms with Crippen molar-refractivity contribution in [2.75, 3.05) is 0 Å². The molecule has 0 amide bonds. The molecule has 6 aromatic carbocycles. The standard InChI is InChI=1S/C132H168N8Si4/c1-121(2,3)83-53-77(54-84(65-83)122(4,5)6)115-95-45-49-99(133-95)117(79-57-87(125(13,14)15)67-88(58-79)126(16,17)18)107-73-111-103(137-107)71-104-112(74-108(138-104)118(100-50-46-96(115)134-100)80-59-89(127(19,20)21)68-90(60-80)128(22,23)24)142(39,40)144(43,44)114-76-110-120(82-63-93(131(31,32)33)70-94(64-82)132(34,35)36)102-52-48-98(136-102)116(78-55-85(123(7,8)9)66-86(56-78)124(10,11)12)97-47-51-101(135-97)119(81-61-91(129(25,26)27)69-92(62-81)130(28,29)30)109-75-113(143(41,42)141(111,37)38)105(139-109)72-106(114)140-110/h45-76,133,136,138-139H,1-44H3. The van der Waals surface area contributed by atoms with Crippen LogP contribution in [0.2, 0.25) is 52.4 Å². The average molecular weight is 1980 g/mol. The molecule has 5 aliphatic heterocycles. The molecule has 0 saturated heterocycles. The van der Waals surface area contributed by atoms with Crippen LogP contribution in [0.15, 0.2) is 158 Å². The zero-order valence-electron chi connectivity index (χ0n) is 96.3. The van der Waals surface area contributed by atoms with Gasteiger partial charge in [-0.2, -0.15) is 0 Å². The number of nitrogens with zero attached hydrogens (tertiary/aromatic N) is 4. The lowest BCUT2D eigenvalue weighted by Crippen LogP contribution is -2.64. The van der Waals surface area contributed by atoms with E-state index in [1.807, 2.05) is 0 Å². The van der Waals surface area contributed by atoms with Crippen molar-refractivity contribution in [1.82, 2.24) is 39.9 Å². The Hall–Kier alpha value is -10.6. The first kappa shape index (κ1) is 105. The molecule has 752 valence electrons. The Labute approximate surface area is 868 Å². The second kappa shape index (κ2) is 34.5. The topological polar surface area (TPSA) is 115 Å². The highest BCUT2D eigenvalue weighted by molar-refractivity contribution is 7.53. The van der Waals surface area contributed by atoms with Gasteiger partial charge in [0.25, 0.3) is 0 Å². The summed E-state index contributed by atoms with van der Waals surface area (Å²) in [5.41, 5.74) is 42.1. The molecule has 0 spiro atoms. The minimum atomic E-state index is -3.07. The third-order valence-corrected chi connectivity index (χ3v) is 68.4. The molecule has 0 fully saturated rings. The fourth-order valence-electron chi connectivity index (χ4n) is 21.6. The van der Waals surface area contributed by atoms with Crippen LogP contribution in [0, 0.1) is 0 Å². The number of hydrogen-bond donors (Lipinski definition) is 4. The van der Waals surface area contributed by atoms with Gasteiger partial charge in [-0.25, -0.2) is 19.9 Å². The zero-order chi connectivity index (χ0) is 106. The molecule has 8 nitrogen and oxygen atoms in total. The van der Waals surface area contributed by atoms with Crippen LogP contribution < -0.4 is 10.4 Å². The van der Waals surface area contributed by atoms with Crippen molar-refractivity contribution >= 4 is 132 Å². The summed E-state index contributed by atoms with van der Waals surface area (Å²) in [6.07, 6.45) is 14.6. The highest BCUT2D eigenvalue weighted by atomic mass is 29.3. The van der Waals surface area contributed by atoms with E-state index in [9.17, 15) is 0 Å². The van der Waals surface area contributed by atoms with Crippen LogP contribution in [-0.4, -0.2) is 70.2 Å². The van der Waals surface area contributed by atoms with Gasteiger partial charge < -0.3 is 19.9 Å². The Bertz CT molecular complexity index is 7170. The third-order valence-electron chi connectivity index (χ3n) is 33.2. The number of rotatable bonds is 6. The maximum absolute atomic E-state index is 6.55. The minimum Gasteiger partial charge on any atom is -0.355 e. The van der Waals surface area contributed by atoms with Crippen molar-refractivity contribution in [2.45, 2.75) is 367 Å². The summed E-state index contributed by atoms with van der Waals surface area (Å²) in [5, 5.41) is 5.41. The first-order valence-electron chi connectivity index (χ1n) is 53.3. The van der Waals surface area contributed by atoms with E-state index >= 15 is 0 Å². The van der Waals surface area contributed by atoms with Crippen LogP contribution in [0.3, 0.4) is 0 Å². The Kier molecular flexibility index (Phi) is 25.1. The number of nitrogens with one attached hydrogen (secondary N) is 4. The molecule has 6 aromatic heterocycles. The maximum Gasteiger partial charge on any atom is 0.0821 e. The largest absolute Gasteiger partial charge is 0.355 e. The number of hydrogen-bond acceptors (Lipinski definition) is 4. The Morgan fingerprint density at radius 3 is 0.521 bits per heavy atom. The summed E-state index contributed by atoms with van der Waals surface area (Å²) in [7, 11) is -12.3. The van der Waals surface area contributed by atoms with E-state index in [0.717, 1.165) is 156 Å². The average Bonchev–Trinajstić information content (AvgIpc) is 1.56. The number of aromatic amines is 4. The van der Waals surface area contributed by atoms with Crippen LogP contribution in [0.5, 0.6) is 0 Å². The van der Waals surface area contributed by atoms with Gasteiger partial charge in [0.05, 0.1) is 75.9 Å². The fourth-order valence-corrected chi connectivity index (χ4v) is 39.9. The molecule has 0 atom stereocenters. The normalized spacial score (nSPS) is 15.9.